The summed E-state index contributed by atoms with van der Waals surface area (Å²) < 4.78 is 10.5. The molecule has 1 aliphatic rings. The number of benzene rings is 2. The first-order valence-electron chi connectivity index (χ1n) is 7.33. The first kappa shape index (κ1) is 16.9. The highest BCUT2D eigenvalue weighted by molar-refractivity contribution is 6.35. The second-order valence-corrected chi connectivity index (χ2v) is 6.37. The van der Waals surface area contributed by atoms with Gasteiger partial charge in [-0.05, 0) is 36.9 Å². The molecule has 0 saturated heterocycles. The fourth-order valence-electron chi connectivity index (χ4n) is 2.42. The number of nitrogens with zero attached hydrogens (tertiary/aromatic N) is 1. The summed E-state index contributed by atoms with van der Waals surface area (Å²) in [7, 11) is 1.85. The van der Waals surface area contributed by atoms with Crippen LogP contribution < -0.4 is 14.8 Å². The van der Waals surface area contributed by atoms with Crippen LogP contribution in [0.2, 0.25) is 10.0 Å². The zero-order valence-electron chi connectivity index (χ0n) is 13.0. The molecule has 1 amide bonds. The summed E-state index contributed by atoms with van der Waals surface area (Å²) in [5.41, 5.74) is 1.58. The lowest BCUT2D eigenvalue weighted by Gasteiger charge is -2.17. The van der Waals surface area contributed by atoms with E-state index in [0.717, 1.165) is 5.56 Å². The van der Waals surface area contributed by atoms with Crippen molar-refractivity contribution < 1.29 is 14.3 Å². The third-order valence-corrected chi connectivity index (χ3v) is 4.11. The summed E-state index contributed by atoms with van der Waals surface area (Å²) in [4.78, 5) is 14.0. The molecule has 0 radical (unpaired) electrons. The molecule has 0 fully saturated rings. The normalized spacial score (nSPS) is 12.5. The number of ether oxygens (including phenoxy) is 2. The van der Waals surface area contributed by atoms with Gasteiger partial charge in [-0.15, -0.1) is 0 Å². The van der Waals surface area contributed by atoms with Gasteiger partial charge in [-0.25, -0.2) is 0 Å². The number of hydrogen-bond donors (Lipinski definition) is 1. The lowest BCUT2D eigenvalue weighted by molar-refractivity contribution is -0.117. The number of rotatable bonds is 5. The number of likely N-dealkylation sites (N-methyl/N-ethyl adjacent to an activating group) is 1. The van der Waals surface area contributed by atoms with E-state index in [9.17, 15) is 4.79 Å². The van der Waals surface area contributed by atoms with E-state index in [0.29, 0.717) is 33.8 Å². The molecule has 0 spiro atoms. The van der Waals surface area contributed by atoms with Crippen LogP contribution in [0.15, 0.2) is 36.4 Å². The number of hydrogen-bond acceptors (Lipinski definition) is 4. The number of halogens is 2. The third-order valence-electron chi connectivity index (χ3n) is 3.53. The summed E-state index contributed by atoms with van der Waals surface area (Å²) >= 11 is 12.0. The van der Waals surface area contributed by atoms with E-state index in [1.165, 1.54) is 0 Å². The summed E-state index contributed by atoms with van der Waals surface area (Å²) in [6, 6.07) is 10.6. The number of carbonyl (C=O) groups is 1. The van der Waals surface area contributed by atoms with Gasteiger partial charge in [0, 0.05) is 28.3 Å². The fraction of sp³-hybridized carbons (Fsp3) is 0.235. The molecular formula is C17H16Cl2N2O3. The van der Waals surface area contributed by atoms with E-state index in [1.807, 2.05) is 18.0 Å². The van der Waals surface area contributed by atoms with Crippen LogP contribution in [-0.4, -0.2) is 31.2 Å². The third kappa shape index (κ3) is 4.12. The maximum atomic E-state index is 12.2. The minimum atomic E-state index is -0.124. The molecule has 7 heteroatoms. The number of nitrogens with one attached hydrogen (secondary N) is 1. The molecule has 0 aliphatic carbocycles. The zero-order chi connectivity index (χ0) is 17.1. The van der Waals surface area contributed by atoms with Crippen molar-refractivity contribution in [3.05, 3.63) is 52.0 Å². The average Bonchev–Trinajstić information content (AvgIpc) is 2.97. The molecule has 1 aliphatic heterocycles. The highest BCUT2D eigenvalue weighted by Crippen LogP contribution is 2.34. The van der Waals surface area contributed by atoms with E-state index in [4.69, 9.17) is 32.7 Å². The predicted molar refractivity (Wildman–Crippen MR) is 94.0 cm³/mol. The Labute approximate surface area is 150 Å². The second kappa shape index (κ2) is 7.30. The topological polar surface area (TPSA) is 50.8 Å². The molecule has 0 unspecified atom stereocenters. The Bertz CT molecular complexity index is 767. The van der Waals surface area contributed by atoms with Gasteiger partial charge in [-0.3, -0.25) is 9.69 Å². The molecule has 1 N–H and O–H groups in total. The van der Waals surface area contributed by atoms with Gasteiger partial charge >= 0.3 is 0 Å². The SMILES string of the molecule is CN(CC(=O)Nc1ccc2c(c1)OCO2)Cc1ccc(Cl)cc1Cl. The highest BCUT2D eigenvalue weighted by Gasteiger charge is 2.15. The summed E-state index contributed by atoms with van der Waals surface area (Å²) in [6.07, 6.45) is 0. The van der Waals surface area contributed by atoms with Crippen LogP contribution in [0.1, 0.15) is 5.56 Å². The molecule has 2 aromatic rings. The molecular weight excluding hydrogens is 351 g/mol. The number of amides is 1. The molecule has 5 nitrogen and oxygen atoms in total. The number of anilines is 1. The average molecular weight is 367 g/mol. The van der Waals surface area contributed by atoms with Crippen LogP contribution >= 0.6 is 23.2 Å². The van der Waals surface area contributed by atoms with Gasteiger partial charge in [0.15, 0.2) is 11.5 Å². The highest BCUT2D eigenvalue weighted by atomic mass is 35.5. The standard InChI is InChI=1S/C17H16Cl2N2O3/c1-21(8-11-2-3-12(18)6-14(11)19)9-17(22)20-13-4-5-15-16(7-13)24-10-23-15/h2-7H,8-10H2,1H3,(H,20,22). The quantitative estimate of drug-likeness (QED) is 0.874. The summed E-state index contributed by atoms with van der Waals surface area (Å²) in [6.45, 7) is 0.981. The molecule has 0 bridgehead atoms. The van der Waals surface area contributed by atoms with Crippen LogP contribution in [0.3, 0.4) is 0 Å². The van der Waals surface area contributed by atoms with E-state index in [1.54, 1.807) is 30.3 Å². The van der Waals surface area contributed by atoms with Crippen molar-refractivity contribution in [3.63, 3.8) is 0 Å². The lowest BCUT2D eigenvalue weighted by Crippen LogP contribution is -2.29. The fourth-order valence-corrected chi connectivity index (χ4v) is 2.88. The van der Waals surface area contributed by atoms with Crippen molar-refractivity contribution in [2.75, 3.05) is 25.7 Å². The molecule has 2 aromatic carbocycles. The first-order chi connectivity index (χ1) is 11.5. The van der Waals surface area contributed by atoms with Crippen molar-refractivity contribution in [1.29, 1.82) is 0 Å². The van der Waals surface area contributed by atoms with Gasteiger partial charge < -0.3 is 14.8 Å². The molecule has 0 aromatic heterocycles. The summed E-state index contributed by atoms with van der Waals surface area (Å²) in [5, 5.41) is 4.02. The van der Waals surface area contributed by atoms with Gasteiger partial charge in [0.2, 0.25) is 12.7 Å². The van der Waals surface area contributed by atoms with Crippen molar-refractivity contribution in [2.45, 2.75) is 6.54 Å². The van der Waals surface area contributed by atoms with Gasteiger partial charge in [0.25, 0.3) is 0 Å². The van der Waals surface area contributed by atoms with Crippen molar-refractivity contribution in [1.82, 2.24) is 4.90 Å². The number of fused-ring (bicyclic) bond motifs is 1. The first-order valence-corrected chi connectivity index (χ1v) is 8.09. The van der Waals surface area contributed by atoms with Gasteiger partial charge in [-0.2, -0.15) is 0 Å². The van der Waals surface area contributed by atoms with Crippen LogP contribution in [0.4, 0.5) is 5.69 Å². The van der Waals surface area contributed by atoms with Crippen LogP contribution in [0.5, 0.6) is 11.5 Å². The predicted octanol–water partition coefficient (Wildman–Crippen LogP) is 3.79. The minimum Gasteiger partial charge on any atom is -0.454 e. The zero-order valence-corrected chi connectivity index (χ0v) is 14.5. The van der Waals surface area contributed by atoms with E-state index < -0.39 is 0 Å². The molecule has 0 atom stereocenters. The van der Waals surface area contributed by atoms with E-state index in [2.05, 4.69) is 5.32 Å². The van der Waals surface area contributed by atoms with E-state index in [-0.39, 0.29) is 19.2 Å². The minimum absolute atomic E-state index is 0.124. The largest absolute Gasteiger partial charge is 0.454 e. The Kier molecular flexibility index (Phi) is 5.14. The van der Waals surface area contributed by atoms with Gasteiger partial charge in [-0.1, -0.05) is 29.3 Å². The second-order valence-electron chi connectivity index (χ2n) is 5.52. The monoisotopic (exact) mass is 366 g/mol. The maximum Gasteiger partial charge on any atom is 0.238 e. The van der Waals surface area contributed by atoms with Gasteiger partial charge in [0.05, 0.1) is 6.54 Å². The Morgan fingerprint density at radius 1 is 1.17 bits per heavy atom. The van der Waals surface area contributed by atoms with Crippen molar-refractivity contribution >= 4 is 34.8 Å². The van der Waals surface area contributed by atoms with Crippen LogP contribution in [-0.2, 0) is 11.3 Å². The smallest absolute Gasteiger partial charge is 0.238 e. The molecule has 3 rings (SSSR count). The molecule has 0 saturated carbocycles. The maximum absolute atomic E-state index is 12.2. The molecule has 24 heavy (non-hydrogen) atoms. The van der Waals surface area contributed by atoms with E-state index >= 15 is 0 Å². The Morgan fingerprint density at radius 3 is 2.75 bits per heavy atom. The van der Waals surface area contributed by atoms with Crippen molar-refractivity contribution in [3.8, 4) is 11.5 Å². The van der Waals surface area contributed by atoms with Gasteiger partial charge in [0.1, 0.15) is 0 Å². The Hall–Kier alpha value is -1.95. The summed E-state index contributed by atoms with van der Waals surface area (Å²) in [5.74, 6) is 1.19. The van der Waals surface area contributed by atoms with Crippen molar-refractivity contribution in [2.24, 2.45) is 0 Å². The lowest BCUT2D eigenvalue weighted by atomic mass is 10.2. The van der Waals surface area contributed by atoms with Crippen LogP contribution in [0.25, 0.3) is 0 Å². The molecule has 1 heterocycles. The number of carbonyl (C=O) groups excluding carboxylic acids is 1. The Morgan fingerprint density at radius 2 is 1.96 bits per heavy atom. The molecule has 126 valence electrons. The Balaban J connectivity index is 1.56. The van der Waals surface area contributed by atoms with Crippen LogP contribution in [0, 0.1) is 0 Å².